The zero-order valence-electron chi connectivity index (χ0n) is 12.2. The highest BCUT2D eigenvalue weighted by Crippen LogP contribution is 2.48. The monoisotopic (exact) mass is 306 g/mol. The summed E-state index contributed by atoms with van der Waals surface area (Å²) in [5, 5.41) is 9.30. The van der Waals surface area contributed by atoms with Gasteiger partial charge in [0, 0.05) is 5.92 Å². The van der Waals surface area contributed by atoms with Gasteiger partial charge in [0.1, 0.15) is 0 Å². The second-order valence-corrected chi connectivity index (χ2v) is 5.90. The molecule has 0 aromatic heterocycles. The molecule has 1 N–H and O–H groups in total. The molecule has 116 valence electrons. The number of hydrogen-bond acceptors (Lipinski definition) is 1. The minimum Gasteiger partial charge on any atom is -0.392 e. The second-order valence-electron chi connectivity index (χ2n) is 5.90. The Kier molecular flexibility index (Phi) is 3.73. The fourth-order valence-corrected chi connectivity index (χ4v) is 3.43. The predicted octanol–water partition coefficient (Wildman–Crippen LogP) is 4.84. The van der Waals surface area contributed by atoms with Gasteiger partial charge in [-0.15, -0.1) is 0 Å². The van der Waals surface area contributed by atoms with Gasteiger partial charge in [-0.1, -0.05) is 43.3 Å². The smallest absolute Gasteiger partial charge is 0.392 e. The molecule has 1 aliphatic rings. The topological polar surface area (TPSA) is 20.2 Å². The van der Waals surface area contributed by atoms with Crippen LogP contribution >= 0.6 is 0 Å². The summed E-state index contributed by atoms with van der Waals surface area (Å²) in [7, 11) is 0. The number of benzene rings is 2. The molecule has 1 nitrogen and oxygen atoms in total. The molecule has 1 aliphatic carbocycles. The molecule has 0 heterocycles. The van der Waals surface area contributed by atoms with Gasteiger partial charge < -0.3 is 5.11 Å². The van der Waals surface area contributed by atoms with E-state index in [9.17, 15) is 18.3 Å². The Morgan fingerprint density at radius 3 is 2.45 bits per heavy atom. The van der Waals surface area contributed by atoms with Crippen molar-refractivity contribution in [2.75, 3.05) is 0 Å². The van der Waals surface area contributed by atoms with Crippen LogP contribution in [0.1, 0.15) is 53.0 Å². The lowest BCUT2D eigenvalue weighted by atomic mass is 9.88. The quantitative estimate of drug-likeness (QED) is 0.842. The maximum Gasteiger partial charge on any atom is 0.416 e. The average Bonchev–Trinajstić information content (AvgIpc) is 2.83. The van der Waals surface area contributed by atoms with Crippen molar-refractivity contribution in [3.63, 3.8) is 0 Å². The van der Waals surface area contributed by atoms with Crippen LogP contribution in [0.2, 0.25) is 0 Å². The molecule has 0 aliphatic heterocycles. The standard InChI is InChI=1S/C18H17F3O/c1-11-8-15(16-9-12(10-22)6-7-13(11)16)14-4-2-3-5-17(14)18(19,20)21/h2-7,9,11,15,22H,8,10H2,1H3. The third kappa shape index (κ3) is 2.52. The number of hydrogen-bond donors (Lipinski definition) is 1. The van der Waals surface area contributed by atoms with Gasteiger partial charge in [-0.3, -0.25) is 0 Å². The first-order chi connectivity index (χ1) is 10.4. The van der Waals surface area contributed by atoms with Crippen molar-refractivity contribution in [2.45, 2.75) is 38.0 Å². The van der Waals surface area contributed by atoms with Crippen LogP contribution in [-0.4, -0.2) is 5.11 Å². The fraction of sp³-hybridized carbons (Fsp3) is 0.333. The molecule has 0 fully saturated rings. The molecule has 0 bridgehead atoms. The van der Waals surface area contributed by atoms with Crippen LogP contribution in [-0.2, 0) is 12.8 Å². The highest BCUT2D eigenvalue weighted by molar-refractivity contribution is 5.48. The average molecular weight is 306 g/mol. The predicted molar refractivity (Wildman–Crippen MR) is 78.7 cm³/mol. The van der Waals surface area contributed by atoms with E-state index in [4.69, 9.17) is 0 Å². The van der Waals surface area contributed by atoms with Crippen LogP contribution in [0.5, 0.6) is 0 Å². The van der Waals surface area contributed by atoms with Gasteiger partial charge in [0.15, 0.2) is 0 Å². The molecule has 3 rings (SSSR count). The van der Waals surface area contributed by atoms with E-state index in [0.29, 0.717) is 12.0 Å². The van der Waals surface area contributed by atoms with Crippen molar-refractivity contribution in [2.24, 2.45) is 0 Å². The van der Waals surface area contributed by atoms with Crippen molar-refractivity contribution in [1.82, 2.24) is 0 Å². The zero-order valence-corrected chi connectivity index (χ0v) is 12.2. The molecule has 2 atom stereocenters. The van der Waals surface area contributed by atoms with E-state index < -0.39 is 11.7 Å². The summed E-state index contributed by atoms with van der Waals surface area (Å²) in [5.41, 5.74) is 2.50. The van der Waals surface area contributed by atoms with Gasteiger partial charge in [0.2, 0.25) is 0 Å². The van der Waals surface area contributed by atoms with Crippen molar-refractivity contribution in [3.05, 3.63) is 70.3 Å². The molecule has 4 heteroatoms. The molecule has 0 radical (unpaired) electrons. The molecule has 0 amide bonds. The number of rotatable bonds is 2. The molecule has 0 saturated heterocycles. The summed E-state index contributed by atoms with van der Waals surface area (Å²) in [6, 6.07) is 11.4. The zero-order chi connectivity index (χ0) is 15.9. The summed E-state index contributed by atoms with van der Waals surface area (Å²) in [6.07, 6.45) is -3.69. The molecular weight excluding hydrogens is 289 g/mol. The normalized spacial score (nSPS) is 21.0. The maximum atomic E-state index is 13.3. The molecule has 2 aromatic rings. The minimum atomic E-state index is -4.35. The van der Waals surface area contributed by atoms with Gasteiger partial charge in [0.05, 0.1) is 12.2 Å². The second kappa shape index (κ2) is 5.43. The van der Waals surface area contributed by atoms with Gasteiger partial charge >= 0.3 is 6.18 Å². The first kappa shape index (κ1) is 15.1. The Morgan fingerprint density at radius 1 is 1.05 bits per heavy atom. The van der Waals surface area contributed by atoms with E-state index in [0.717, 1.165) is 22.8 Å². The van der Waals surface area contributed by atoms with E-state index in [1.54, 1.807) is 12.1 Å². The van der Waals surface area contributed by atoms with Crippen molar-refractivity contribution >= 4 is 0 Å². The summed E-state index contributed by atoms with van der Waals surface area (Å²) in [5.74, 6) is -0.0524. The van der Waals surface area contributed by atoms with Crippen LogP contribution in [0.25, 0.3) is 0 Å². The van der Waals surface area contributed by atoms with Crippen molar-refractivity contribution in [1.29, 1.82) is 0 Å². The van der Waals surface area contributed by atoms with E-state index >= 15 is 0 Å². The third-order valence-electron chi connectivity index (χ3n) is 4.47. The van der Waals surface area contributed by atoms with E-state index in [-0.39, 0.29) is 18.4 Å². The third-order valence-corrected chi connectivity index (χ3v) is 4.47. The Morgan fingerprint density at radius 2 is 1.77 bits per heavy atom. The molecule has 2 aromatic carbocycles. The molecule has 0 spiro atoms. The fourth-order valence-electron chi connectivity index (χ4n) is 3.43. The van der Waals surface area contributed by atoms with Crippen LogP contribution in [0.3, 0.4) is 0 Å². The number of fused-ring (bicyclic) bond motifs is 1. The largest absolute Gasteiger partial charge is 0.416 e. The highest BCUT2D eigenvalue weighted by atomic mass is 19.4. The summed E-state index contributed by atoms with van der Waals surface area (Å²) < 4.78 is 39.8. The Bertz CT molecular complexity index is 691. The summed E-state index contributed by atoms with van der Waals surface area (Å²) >= 11 is 0. The molecular formula is C18H17F3O. The van der Waals surface area contributed by atoms with Crippen molar-refractivity contribution in [3.8, 4) is 0 Å². The Balaban J connectivity index is 2.13. The SMILES string of the molecule is CC1CC(c2ccccc2C(F)(F)F)c2cc(CO)ccc21. The summed E-state index contributed by atoms with van der Waals surface area (Å²) in [6.45, 7) is 1.93. The molecule has 0 saturated carbocycles. The Labute approximate surface area is 127 Å². The van der Waals surface area contributed by atoms with E-state index in [1.165, 1.54) is 6.07 Å². The minimum absolute atomic E-state index is 0.102. The number of alkyl halides is 3. The van der Waals surface area contributed by atoms with Crippen LogP contribution in [0.15, 0.2) is 42.5 Å². The van der Waals surface area contributed by atoms with Gasteiger partial charge in [-0.25, -0.2) is 0 Å². The number of aliphatic hydroxyl groups excluding tert-OH is 1. The van der Waals surface area contributed by atoms with Gasteiger partial charge in [0.25, 0.3) is 0 Å². The van der Waals surface area contributed by atoms with Gasteiger partial charge in [-0.05, 0) is 40.7 Å². The van der Waals surface area contributed by atoms with Crippen LogP contribution in [0, 0.1) is 0 Å². The highest BCUT2D eigenvalue weighted by Gasteiger charge is 2.38. The Hall–Kier alpha value is -1.81. The maximum absolute atomic E-state index is 13.3. The van der Waals surface area contributed by atoms with Gasteiger partial charge in [-0.2, -0.15) is 13.2 Å². The first-order valence-electron chi connectivity index (χ1n) is 7.31. The van der Waals surface area contributed by atoms with E-state index in [2.05, 4.69) is 0 Å². The molecule has 22 heavy (non-hydrogen) atoms. The lowest BCUT2D eigenvalue weighted by Gasteiger charge is -2.19. The first-order valence-corrected chi connectivity index (χ1v) is 7.31. The van der Waals surface area contributed by atoms with E-state index in [1.807, 2.05) is 25.1 Å². The summed E-state index contributed by atoms with van der Waals surface area (Å²) in [4.78, 5) is 0. The lowest BCUT2D eigenvalue weighted by molar-refractivity contribution is -0.138. The number of halogens is 3. The lowest BCUT2D eigenvalue weighted by Crippen LogP contribution is -2.11. The molecule has 2 unspecified atom stereocenters. The number of aliphatic hydroxyl groups is 1. The van der Waals surface area contributed by atoms with Crippen LogP contribution in [0.4, 0.5) is 13.2 Å². The van der Waals surface area contributed by atoms with Crippen molar-refractivity contribution < 1.29 is 18.3 Å². The van der Waals surface area contributed by atoms with Crippen LogP contribution < -0.4 is 0 Å².